The number of hydrogen-bond acceptors (Lipinski definition) is 4. The smallest absolute Gasteiger partial charge is 0.161 e. The Hall–Kier alpha value is -2.36. The quantitative estimate of drug-likeness (QED) is 0.743. The van der Waals surface area contributed by atoms with Crippen LogP contribution in [0.4, 0.5) is 0 Å². The molecule has 0 N–H and O–H groups in total. The van der Waals surface area contributed by atoms with Gasteiger partial charge in [0.05, 0.1) is 28.4 Å². The number of rotatable bonds is 5. The summed E-state index contributed by atoms with van der Waals surface area (Å²) in [6, 6.07) is 11.0. The minimum Gasteiger partial charge on any atom is -0.493 e. The molecule has 2 atom stereocenters. The molecule has 0 heterocycles. The molecule has 2 aromatic carbocycles. The summed E-state index contributed by atoms with van der Waals surface area (Å²) in [6.07, 6.45) is 6.29. The molecule has 2 saturated carbocycles. The van der Waals surface area contributed by atoms with Crippen molar-refractivity contribution in [3.05, 3.63) is 47.0 Å². The van der Waals surface area contributed by atoms with Crippen molar-refractivity contribution in [3.63, 3.8) is 0 Å². The van der Waals surface area contributed by atoms with Gasteiger partial charge in [-0.05, 0) is 78.0 Å². The predicted molar refractivity (Wildman–Crippen MR) is 108 cm³/mol. The van der Waals surface area contributed by atoms with E-state index in [1.54, 1.807) is 28.4 Å². The molecule has 3 aliphatic rings. The molecular formula is C24H28O4. The summed E-state index contributed by atoms with van der Waals surface area (Å²) >= 11 is 0. The van der Waals surface area contributed by atoms with Crippen molar-refractivity contribution in [3.8, 4) is 23.0 Å². The fraction of sp³-hybridized carbons (Fsp3) is 0.500. The van der Waals surface area contributed by atoms with Crippen LogP contribution < -0.4 is 18.9 Å². The molecule has 4 nitrogen and oxygen atoms in total. The van der Waals surface area contributed by atoms with Crippen molar-refractivity contribution in [1.82, 2.24) is 0 Å². The van der Waals surface area contributed by atoms with Gasteiger partial charge in [0.1, 0.15) is 0 Å². The van der Waals surface area contributed by atoms with Gasteiger partial charge in [0.15, 0.2) is 23.0 Å². The molecule has 5 rings (SSSR count). The van der Waals surface area contributed by atoms with Gasteiger partial charge in [0.25, 0.3) is 0 Å². The molecule has 1 spiro atoms. The number of methoxy groups -OCH3 is 4. The molecule has 2 fully saturated rings. The van der Waals surface area contributed by atoms with Crippen molar-refractivity contribution in [2.45, 2.75) is 42.9 Å². The summed E-state index contributed by atoms with van der Waals surface area (Å²) in [7, 11) is 6.85. The highest BCUT2D eigenvalue weighted by atomic mass is 16.5. The van der Waals surface area contributed by atoms with E-state index in [9.17, 15) is 0 Å². The van der Waals surface area contributed by atoms with Gasteiger partial charge in [-0.1, -0.05) is 12.5 Å². The molecule has 148 valence electrons. The first-order valence-electron chi connectivity index (χ1n) is 10.1. The molecule has 0 saturated heterocycles. The zero-order valence-corrected chi connectivity index (χ0v) is 17.1. The molecule has 0 aliphatic heterocycles. The van der Waals surface area contributed by atoms with E-state index in [2.05, 4.69) is 24.3 Å². The van der Waals surface area contributed by atoms with E-state index in [1.165, 1.54) is 42.4 Å². The Kier molecular flexibility index (Phi) is 3.84. The second-order valence-corrected chi connectivity index (χ2v) is 8.39. The second kappa shape index (κ2) is 6.07. The van der Waals surface area contributed by atoms with Crippen LogP contribution in [0.25, 0.3) is 0 Å². The average Bonchev–Trinajstić information content (AvgIpc) is 2.86. The van der Waals surface area contributed by atoms with Crippen LogP contribution in [-0.4, -0.2) is 28.4 Å². The molecule has 0 amide bonds. The summed E-state index contributed by atoms with van der Waals surface area (Å²) < 4.78 is 22.5. The Bertz CT molecular complexity index is 930. The van der Waals surface area contributed by atoms with E-state index >= 15 is 0 Å². The summed E-state index contributed by atoms with van der Waals surface area (Å²) in [5, 5.41) is 0. The van der Waals surface area contributed by atoms with E-state index in [1.807, 2.05) is 6.07 Å². The molecule has 0 radical (unpaired) electrons. The summed E-state index contributed by atoms with van der Waals surface area (Å²) in [5.41, 5.74) is 4.57. The lowest BCUT2D eigenvalue weighted by Gasteiger charge is -2.56. The lowest BCUT2D eigenvalue weighted by atomic mass is 9.47. The normalized spacial score (nSPS) is 25.9. The van der Waals surface area contributed by atoms with Gasteiger partial charge in [0.2, 0.25) is 0 Å². The highest BCUT2D eigenvalue weighted by molar-refractivity contribution is 5.64. The molecule has 0 bridgehead atoms. The van der Waals surface area contributed by atoms with Crippen LogP contribution in [0.5, 0.6) is 23.0 Å². The van der Waals surface area contributed by atoms with Gasteiger partial charge in [-0.3, -0.25) is 0 Å². The summed E-state index contributed by atoms with van der Waals surface area (Å²) in [6.45, 7) is 0. The first kappa shape index (κ1) is 17.7. The van der Waals surface area contributed by atoms with Crippen molar-refractivity contribution in [2.24, 2.45) is 5.92 Å². The number of ether oxygens (including phenoxy) is 4. The summed E-state index contributed by atoms with van der Waals surface area (Å²) in [5.74, 6) is 3.89. The third kappa shape index (κ3) is 1.96. The second-order valence-electron chi connectivity index (χ2n) is 8.39. The third-order valence-electron chi connectivity index (χ3n) is 7.77. The zero-order chi connectivity index (χ0) is 19.5. The molecule has 28 heavy (non-hydrogen) atoms. The van der Waals surface area contributed by atoms with Gasteiger partial charge in [0, 0.05) is 5.41 Å². The molecule has 0 unspecified atom stereocenters. The van der Waals surface area contributed by atoms with Gasteiger partial charge < -0.3 is 18.9 Å². The first-order chi connectivity index (χ1) is 13.6. The molecule has 2 aromatic rings. The predicted octanol–water partition coefficient (Wildman–Crippen LogP) is 4.85. The maximum atomic E-state index is 5.68. The van der Waals surface area contributed by atoms with E-state index in [0.29, 0.717) is 11.3 Å². The summed E-state index contributed by atoms with van der Waals surface area (Å²) in [4.78, 5) is 0. The molecule has 3 aliphatic carbocycles. The Morgan fingerprint density at radius 3 is 1.82 bits per heavy atom. The van der Waals surface area contributed by atoms with Crippen molar-refractivity contribution in [1.29, 1.82) is 0 Å². The van der Waals surface area contributed by atoms with Crippen LogP contribution >= 0.6 is 0 Å². The van der Waals surface area contributed by atoms with Crippen LogP contribution in [0.2, 0.25) is 0 Å². The van der Waals surface area contributed by atoms with E-state index in [0.717, 1.165) is 29.4 Å². The minimum absolute atomic E-state index is 0.0366. The van der Waals surface area contributed by atoms with Crippen LogP contribution in [0.15, 0.2) is 30.3 Å². The van der Waals surface area contributed by atoms with E-state index in [-0.39, 0.29) is 5.41 Å². The SMILES string of the molecule is COc1ccc([C@]23CC[C@H]2C2(CCC2)c2cc(OC)c(OC)cc23)cc1OC. The minimum atomic E-state index is 0.0366. The number of fused-ring (bicyclic) bond motifs is 5. The Morgan fingerprint density at radius 1 is 0.714 bits per heavy atom. The van der Waals surface area contributed by atoms with E-state index < -0.39 is 0 Å². The lowest BCUT2D eigenvalue weighted by Crippen LogP contribution is -2.52. The number of benzene rings is 2. The Labute approximate surface area is 166 Å². The monoisotopic (exact) mass is 380 g/mol. The molecule has 0 aromatic heterocycles. The van der Waals surface area contributed by atoms with Crippen molar-refractivity contribution < 1.29 is 18.9 Å². The van der Waals surface area contributed by atoms with Gasteiger partial charge in [-0.15, -0.1) is 0 Å². The van der Waals surface area contributed by atoms with Crippen LogP contribution in [0, 0.1) is 5.92 Å². The first-order valence-corrected chi connectivity index (χ1v) is 10.1. The van der Waals surface area contributed by atoms with E-state index in [4.69, 9.17) is 18.9 Å². The fourth-order valence-electron chi connectivity index (χ4n) is 6.29. The zero-order valence-electron chi connectivity index (χ0n) is 17.1. The van der Waals surface area contributed by atoms with Crippen LogP contribution in [-0.2, 0) is 10.8 Å². The number of hydrogen-bond donors (Lipinski definition) is 0. The maximum Gasteiger partial charge on any atom is 0.161 e. The van der Waals surface area contributed by atoms with Gasteiger partial charge in [-0.25, -0.2) is 0 Å². The molecule has 4 heteroatoms. The largest absolute Gasteiger partial charge is 0.493 e. The third-order valence-corrected chi connectivity index (χ3v) is 7.77. The highest BCUT2D eigenvalue weighted by Gasteiger charge is 2.67. The Balaban J connectivity index is 1.74. The van der Waals surface area contributed by atoms with Crippen LogP contribution in [0.3, 0.4) is 0 Å². The van der Waals surface area contributed by atoms with Gasteiger partial charge >= 0.3 is 0 Å². The lowest BCUT2D eigenvalue weighted by molar-refractivity contribution is 0.0429. The highest BCUT2D eigenvalue weighted by Crippen LogP contribution is 2.73. The maximum absolute atomic E-state index is 5.68. The van der Waals surface area contributed by atoms with Gasteiger partial charge in [-0.2, -0.15) is 0 Å². The average molecular weight is 380 g/mol. The standard InChI is InChI=1S/C24H28O4/c1-25-18-7-6-15(12-19(18)26-2)24-11-8-22(24)23(9-5-10-23)16-13-20(27-3)21(28-4)14-17(16)24/h6-7,12-14,22H,5,8-11H2,1-4H3/t22-,24-/m0/s1. The van der Waals surface area contributed by atoms with Crippen molar-refractivity contribution in [2.75, 3.05) is 28.4 Å². The Morgan fingerprint density at radius 2 is 1.32 bits per heavy atom. The van der Waals surface area contributed by atoms with Crippen molar-refractivity contribution >= 4 is 0 Å². The fourth-order valence-corrected chi connectivity index (χ4v) is 6.29. The topological polar surface area (TPSA) is 36.9 Å². The molecular weight excluding hydrogens is 352 g/mol. The van der Waals surface area contributed by atoms with Crippen LogP contribution in [0.1, 0.15) is 48.8 Å².